The second-order valence-corrected chi connectivity index (χ2v) is 12.2. The van der Waals surface area contributed by atoms with Gasteiger partial charge in [-0.15, -0.1) is 0 Å². The first-order valence-electron chi connectivity index (χ1n) is 17.1. The van der Waals surface area contributed by atoms with Crippen molar-refractivity contribution in [3.63, 3.8) is 0 Å². The Kier molecular flexibility index (Phi) is 10.6. The fourth-order valence-corrected chi connectivity index (χ4v) is 6.01. The molecule has 7 N–H and O–H groups in total. The SMILES string of the molecule is CCc1nc(C)oc1C(=O)Nc1nc2cc(C(N)=O)cc(OCCO)c2n1C/C=C/Cn1c(NC(=O)c2cc(C)nn2CC)nc2cc(C(N)=O)ccc21. The second-order valence-electron chi connectivity index (χ2n) is 12.2. The van der Waals surface area contributed by atoms with E-state index in [9.17, 15) is 24.3 Å². The molecule has 0 saturated heterocycles. The number of allylic oxidation sites excluding steroid dienone is 2. The molecule has 0 unspecified atom stereocenters. The number of aliphatic hydroxyl groups excluding tert-OH is 1. The predicted octanol–water partition coefficient (Wildman–Crippen LogP) is 3.10. The van der Waals surface area contributed by atoms with E-state index in [1.54, 1.807) is 58.0 Å². The van der Waals surface area contributed by atoms with Crippen LogP contribution in [0, 0.1) is 13.8 Å². The number of carbonyl (C=O) groups is 4. The number of aryl methyl sites for hydroxylation is 4. The predicted molar refractivity (Wildman–Crippen MR) is 197 cm³/mol. The number of nitrogens with two attached hydrogens (primary N) is 2. The number of fused-ring (bicyclic) bond motifs is 2. The zero-order chi connectivity index (χ0) is 38.7. The Bertz CT molecular complexity index is 2450. The number of imidazole rings is 2. The van der Waals surface area contributed by atoms with E-state index < -0.39 is 23.6 Å². The van der Waals surface area contributed by atoms with E-state index in [1.807, 2.05) is 19.9 Å². The molecule has 4 aromatic heterocycles. The minimum atomic E-state index is -0.719. The summed E-state index contributed by atoms with van der Waals surface area (Å²) in [5.74, 6) is -1.44. The number of carbonyl (C=O) groups excluding carboxylic acids is 4. The van der Waals surface area contributed by atoms with Gasteiger partial charge in [-0.25, -0.2) is 15.0 Å². The number of nitrogens with one attached hydrogen (secondary N) is 2. The molecule has 0 bridgehead atoms. The molecule has 2 aromatic carbocycles. The smallest absolute Gasteiger partial charge is 0.295 e. The van der Waals surface area contributed by atoms with Crippen LogP contribution in [0.2, 0.25) is 0 Å². The maximum Gasteiger partial charge on any atom is 0.295 e. The first-order chi connectivity index (χ1) is 25.9. The minimum Gasteiger partial charge on any atom is -0.489 e. The molecule has 18 nitrogen and oxygen atoms in total. The van der Waals surface area contributed by atoms with Crippen molar-refractivity contribution in [3.05, 3.63) is 88.4 Å². The van der Waals surface area contributed by atoms with Crippen molar-refractivity contribution in [2.45, 2.75) is 53.8 Å². The number of hydrogen-bond donors (Lipinski definition) is 5. The van der Waals surface area contributed by atoms with E-state index in [4.69, 9.17) is 20.6 Å². The number of nitrogens with zero attached hydrogens (tertiary/aromatic N) is 7. The molecular formula is C36H39N11O7. The summed E-state index contributed by atoms with van der Waals surface area (Å²) in [7, 11) is 0. The molecule has 6 aromatic rings. The molecule has 54 heavy (non-hydrogen) atoms. The summed E-state index contributed by atoms with van der Waals surface area (Å²) in [5.41, 5.74) is 14.8. The molecule has 0 aliphatic heterocycles. The van der Waals surface area contributed by atoms with Crippen LogP contribution < -0.4 is 26.8 Å². The molecule has 280 valence electrons. The third kappa shape index (κ3) is 7.40. The fourth-order valence-electron chi connectivity index (χ4n) is 6.01. The fraction of sp³-hybridized carbons (Fsp3) is 0.278. The van der Waals surface area contributed by atoms with Crippen LogP contribution in [0.1, 0.15) is 72.9 Å². The number of anilines is 2. The van der Waals surface area contributed by atoms with Crippen LogP contribution in [0.3, 0.4) is 0 Å². The van der Waals surface area contributed by atoms with Gasteiger partial charge < -0.3 is 34.9 Å². The van der Waals surface area contributed by atoms with E-state index in [1.165, 1.54) is 12.1 Å². The average Bonchev–Trinajstić information content (AvgIpc) is 3.90. The van der Waals surface area contributed by atoms with Gasteiger partial charge in [-0.3, -0.25) is 34.5 Å². The lowest BCUT2D eigenvalue weighted by Crippen LogP contribution is -2.19. The van der Waals surface area contributed by atoms with Crippen LogP contribution in [0.4, 0.5) is 11.9 Å². The van der Waals surface area contributed by atoms with E-state index >= 15 is 0 Å². The minimum absolute atomic E-state index is 0.0388. The van der Waals surface area contributed by atoms with Gasteiger partial charge in [0.1, 0.15) is 23.6 Å². The largest absolute Gasteiger partial charge is 0.489 e. The lowest BCUT2D eigenvalue weighted by Gasteiger charge is -2.12. The Balaban J connectivity index is 1.37. The van der Waals surface area contributed by atoms with Crippen LogP contribution in [0.15, 0.2) is 53.0 Å². The highest BCUT2D eigenvalue weighted by molar-refractivity contribution is 6.05. The van der Waals surface area contributed by atoms with Crippen molar-refractivity contribution in [1.29, 1.82) is 0 Å². The molecular weight excluding hydrogens is 698 g/mol. The van der Waals surface area contributed by atoms with Crippen LogP contribution in [0.5, 0.6) is 5.75 Å². The van der Waals surface area contributed by atoms with Gasteiger partial charge in [-0.1, -0.05) is 19.1 Å². The zero-order valence-corrected chi connectivity index (χ0v) is 30.0. The van der Waals surface area contributed by atoms with E-state index in [0.717, 1.165) is 0 Å². The van der Waals surface area contributed by atoms with Gasteiger partial charge in [0.25, 0.3) is 11.8 Å². The first-order valence-corrected chi connectivity index (χ1v) is 17.1. The lowest BCUT2D eigenvalue weighted by molar-refractivity contribution is 0.0987. The van der Waals surface area contributed by atoms with E-state index in [-0.39, 0.29) is 60.8 Å². The number of hydrogen-bond acceptors (Lipinski definition) is 11. The molecule has 0 saturated carbocycles. The standard InChI is InChI=1S/C36H39N11O7/c1-5-23-30(54-20(4)39-23)34(52)43-36-41-25-17-22(32(38)50)18-28(53-14-13-48)29(25)46(36)12-8-7-11-45-26-10-9-21(31(37)49)16-24(26)40-35(45)42-33(51)27-15-19(3)44-47(27)6-2/h7-10,15-18,48H,5-6,11-14H2,1-4H3,(H2,37,49)(H2,38,50)(H,40,42,51)(H,41,43,52)/b8-7+. The maximum absolute atomic E-state index is 13.5. The van der Waals surface area contributed by atoms with Crippen LogP contribution in [-0.4, -0.2) is 75.8 Å². The molecule has 0 atom stereocenters. The summed E-state index contributed by atoms with van der Waals surface area (Å²) in [6, 6.07) is 9.43. The van der Waals surface area contributed by atoms with Gasteiger partial charge in [-0.2, -0.15) is 5.10 Å². The Labute approximate surface area is 307 Å². The quantitative estimate of drug-likeness (QED) is 0.0957. The van der Waals surface area contributed by atoms with Crippen molar-refractivity contribution in [3.8, 4) is 5.75 Å². The third-order valence-corrected chi connectivity index (χ3v) is 8.45. The Morgan fingerprint density at radius 1 is 0.870 bits per heavy atom. The summed E-state index contributed by atoms with van der Waals surface area (Å²) >= 11 is 0. The summed E-state index contributed by atoms with van der Waals surface area (Å²) in [6.07, 6.45) is 4.07. The highest BCUT2D eigenvalue weighted by Gasteiger charge is 2.24. The van der Waals surface area contributed by atoms with Crippen molar-refractivity contribution < 1.29 is 33.4 Å². The van der Waals surface area contributed by atoms with Crippen LogP contribution in [0.25, 0.3) is 22.1 Å². The number of primary amides is 2. The van der Waals surface area contributed by atoms with Crippen LogP contribution >= 0.6 is 0 Å². The summed E-state index contributed by atoms with van der Waals surface area (Å²) in [5, 5.41) is 19.6. The number of amides is 4. The van der Waals surface area contributed by atoms with Gasteiger partial charge in [0.05, 0.1) is 34.5 Å². The molecule has 0 radical (unpaired) electrons. The summed E-state index contributed by atoms with van der Waals surface area (Å²) < 4.78 is 16.4. The molecule has 4 heterocycles. The number of benzene rings is 2. The monoisotopic (exact) mass is 737 g/mol. The molecule has 0 fully saturated rings. The number of oxazole rings is 1. The lowest BCUT2D eigenvalue weighted by atomic mass is 10.1. The molecule has 6 rings (SSSR count). The molecule has 0 aliphatic carbocycles. The normalized spacial score (nSPS) is 11.5. The van der Waals surface area contributed by atoms with Crippen molar-refractivity contribution in [2.75, 3.05) is 23.8 Å². The number of ether oxygens (including phenoxy) is 1. The van der Waals surface area contributed by atoms with E-state index in [0.29, 0.717) is 58.0 Å². The van der Waals surface area contributed by atoms with Crippen molar-refractivity contribution >= 4 is 57.6 Å². The molecule has 0 spiro atoms. The number of aliphatic hydroxyl groups is 1. The number of rotatable bonds is 15. The van der Waals surface area contributed by atoms with Crippen LogP contribution in [-0.2, 0) is 26.1 Å². The van der Waals surface area contributed by atoms with Gasteiger partial charge >= 0.3 is 0 Å². The highest BCUT2D eigenvalue weighted by Crippen LogP contribution is 2.32. The molecule has 4 amide bonds. The van der Waals surface area contributed by atoms with Gasteiger partial charge in [0.2, 0.25) is 29.5 Å². The summed E-state index contributed by atoms with van der Waals surface area (Å²) in [4.78, 5) is 64.6. The van der Waals surface area contributed by atoms with E-state index in [2.05, 4.69) is 30.7 Å². The summed E-state index contributed by atoms with van der Waals surface area (Å²) in [6.45, 7) is 7.60. The molecule has 0 aliphatic rings. The highest BCUT2D eigenvalue weighted by atomic mass is 16.5. The van der Waals surface area contributed by atoms with Gasteiger partial charge in [0.15, 0.2) is 5.89 Å². The Hall–Kier alpha value is -6.82. The molecule has 18 heteroatoms. The van der Waals surface area contributed by atoms with Crippen molar-refractivity contribution in [2.24, 2.45) is 11.5 Å². The first kappa shape index (κ1) is 37.0. The zero-order valence-electron chi connectivity index (χ0n) is 30.0. The van der Waals surface area contributed by atoms with Crippen molar-refractivity contribution in [1.82, 2.24) is 33.9 Å². The Morgan fingerprint density at radius 3 is 2.22 bits per heavy atom. The number of aromatic nitrogens is 7. The average molecular weight is 738 g/mol. The van der Waals surface area contributed by atoms with Gasteiger partial charge in [-0.05, 0) is 56.7 Å². The topological polar surface area (TPSA) is 253 Å². The second kappa shape index (κ2) is 15.4. The van der Waals surface area contributed by atoms with Gasteiger partial charge in [0, 0.05) is 37.7 Å². The third-order valence-electron chi connectivity index (χ3n) is 8.45. The Morgan fingerprint density at radius 2 is 1.54 bits per heavy atom. The maximum atomic E-state index is 13.5.